The molecule has 4 saturated carbocycles. The summed E-state index contributed by atoms with van der Waals surface area (Å²) in [5.74, 6) is 2.45. The predicted molar refractivity (Wildman–Crippen MR) is 120 cm³/mol. The van der Waals surface area contributed by atoms with Crippen molar-refractivity contribution in [3.05, 3.63) is 64.7 Å². The number of benzene rings is 2. The van der Waals surface area contributed by atoms with Crippen molar-refractivity contribution in [2.24, 2.45) is 17.8 Å². The molecule has 0 atom stereocenters. The number of hydrogen-bond donors (Lipinski definition) is 0. The van der Waals surface area contributed by atoms with Crippen LogP contribution in [0.3, 0.4) is 0 Å². The van der Waals surface area contributed by atoms with E-state index in [0.717, 1.165) is 29.1 Å². The third kappa shape index (κ3) is 3.95. The van der Waals surface area contributed by atoms with Crippen LogP contribution in [0.25, 0.3) is 0 Å². The number of ether oxygens (including phenoxy) is 1. The van der Waals surface area contributed by atoms with Gasteiger partial charge in [-0.25, -0.2) is 4.79 Å². The van der Waals surface area contributed by atoms with Crippen molar-refractivity contribution in [3.8, 4) is 5.75 Å². The molecule has 0 aromatic heterocycles. The topological polar surface area (TPSA) is 61.8 Å². The number of rotatable bonds is 7. The molecule has 0 N–H and O–H groups in total. The van der Waals surface area contributed by atoms with Crippen LogP contribution in [-0.4, -0.2) is 25.5 Å². The fraction of sp³-hybridized carbons (Fsp3) is 0.481. The van der Waals surface area contributed by atoms with Gasteiger partial charge in [-0.2, -0.15) is 4.89 Å². The molecule has 32 heavy (non-hydrogen) atoms. The molecule has 4 aliphatic rings. The van der Waals surface area contributed by atoms with Gasteiger partial charge in [-0.1, -0.05) is 17.7 Å². The summed E-state index contributed by atoms with van der Waals surface area (Å²) in [6.07, 6.45) is 7.66. The van der Waals surface area contributed by atoms with E-state index < -0.39 is 5.97 Å². The molecule has 0 spiro atoms. The Morgan fingerprint density at radius 2 is 1.50 bits per heavy atom. The Labute approximate surface area is 189 Å². The van der Waals surface area contributed by atoms with Gasteiger partial charge in [0.15, 0.2) is 12.4 Å². The predicted octanol–water partition coefficient (Wildman–Crippen LogP) is 5.44. The van der Waals surface area contributed by atoms with Gasteiger partial charge >= 0.3 is 5.97 Å². The van der Waals surface area contributed by atoms with E-state index in [4.69, 9.17) is 14.5 Å². The van der Waals surface area contributed by atoms with Crippen molar-refractivity contribution in [2.75, 3.05) is 13.7 Å². The molecule has 0 unspecified atom stereocenters. The summed E-state index contributed by atoms with van der Waals surface area (Å²) < 4.78 is 5.73. The van der Waals surface area contributed by atoms with Gasteiger partial charge in [-0.15, -0.1) is 0 Å². The molecule has 5 nitrogen and oxygen atoms in total. The van der Waals surface area contributed by atoms with Crippen LogP contribution in [-0.2, 0) is 15.2 Å². The molecule has 168 valence electrons. The molecule has 0 amide bonds. The monoisotopic (exact) mass is 434 g/mol. The normalized spacial score (nSPS) is 27.9. The highest BCUT2D eigenvalue weighted by atomic mass is 17.2. The highest BCUT2D eigenvalue weighted by Crippen LogP contribution is 2.61. The molecule has 0 radical (unpaired) electrons. The zero-order chi connectivity index (χ0) is 22.3. The van der Waals surface area contributed by atoms with Crippen molar-refractivity contribution in [3.63, 3.8) is 0 Å². The molecule has 6 rings (SSSR count). The first-order valence-corrected chi connectivity index (χ1v) is 11.6. The minimum absolute atomic E-state index is 0.120. The van der Waals surface area contributed by atoms with Crippen LogP contribution in [0.1, 0.15) is 70.4 Å². The zero-order valence-corrected chi connectivity index (χ0v) is 18.8. The Balaban J connectivity index is 1.29. The van der Waals surface area contributed by atoms with E-state index in [1.54, 1.807) is 25.3 Å². The standard InChI is InChI=1S/C27H30O5/c1-17-3-5-21(6-4-17)26(29)32-31-16-24(28)22-7-8-25(30-2)23(12-22)27-13-18-9-19(14-27)11-20(10-18)15-27/h3-8,12,18-20H,9-11,13-16H2,1-2H3. The number of carbonyl (C=O) groups is 2. The van der Waals surface area contributed by atoms with Crippen molar-refractivity contribution in [1.82, 2.24) is 0 Å². The lowest BCUT2D eigenvalue weighted by molar-refractivity contribution is -0.230. The van der Waals surface area contributed by atoms with Crippen molar-refractivity contribution < 1.29 is 24.1 Å². The van der Waals surface area contributed by atoms with Gasteiger partial charge in [0, 0.05) is 11.1 Å². The van der Waals surface area contributed by atoms with E-state index in [9.17, 15) is 9.59 Å². The summed E-state index contributed by atoms with van der Waals surface area (Å²) in [7, 11) is 1.70. The molecule has 2 aromatic carbocycles. The number of aryl methyl sites for hydroxylation is 1. The maximum Gasteiger partial charge on any atom is 0.373 e. The minimum atomic E-state index is -0.609. The maximum atomic E-state index is 12.8. The summed E-state index contributed by atoms with van der Waals surface area (Å²) in [5, 5.41) is 0. The molecule has 4 bridgehead atoms. The largest absolute Gasteiger partial charge is 0.496 e. The average Bonchev–Trinajstić information content (AvgIpc) is 2.78. The SMILES string of the molecule is COc1ccc(C(=O)COOC(=O)c2ccc(C)cc2)cc1C12CC3CC(CC(C3)C1)C2. The van der Waals surface area contributed by atoms with E-state index in [1.807, 2.05) is 31.2 Å². The summed E-state index contributed by atoms with van der Waals surface area (Å²) in [5.41, 5.74) is 3.29. The summed E-state index contributed by atoms with van der Waals surface area (Å²) in [6.45, 7) is 1.63. The zero-order valence-electron chi connectivity index (χ0n) is 18.8. The van der Waals surface area contributed by atoms with Gasteiger partial charge in [0.1, 0.15) is 5.75 Å². The van der Waals surface area contributed by atoms with E-state index >= 15 is 0 Å². The second-order valence-corrected chi connectivity index (χ2v) is 10.0. The van der Waals surface area contributed by atoms with Crippen molar-refractivity contribution in [1.29, 1.82) is 0 Å². The minimum Gasteiger partial charge on any atom is -0.496 e. The average molecular weight is 435 g/mol. The molecule has 0 saturated heterocycles. The fourth-order valence-electron chi connectivity index (χ4n) is 6.69. The van der Waals surface area contributed by atoms with Crippen LogP contribution < -0.4 is 4.74 Å². The lowest BCUT2D eigenvalue weighted by Crippen LogP contribution is -2.48. The van der Waals surface area contributed by atoms with Crippen LogP contribution in [0.15, 0.2) is 42.5 Å². The van der Waals surface area contributed by atoms with E-state index in [1.165, 1.54) is 44.1 Å². The molecule has 2 aromatic rings. The van der Waals surface area contributed by atoms with Crippen LogP contribution in [0, 0.1) is 24.7 Å². The highest BCUT2D eigenvalue weighted by molar-refractivity contribution is 5.97. The second kappa shape index (κ2) is 8.36. The smallest absolute Gasteiger partial charge is 0.373 e. The van der Waals surface area contributed by atoms with E-state index in [-0.39, 0.29) is 17.8 Å². The van der Waals surface area contributed by atoms with Gasteiger partial charge in [-0.3, -0.25) is 9.68 Å². The number of carbonyl (C=O) groups excluding carboxylic acids is 2. The van der Waals surface area contributed by atoms with Gasteiger partial charge in [0.2, 0.25) is 0 Å². The number of Topliss-reactive ketones (excluding diaryl/α,β-unsaturated/α-hetero) is 1. The maximum absolute atomic E-state index is 12.8. The highest BCUT2D eigenvalue weighted by Gasteiger charge is 2.52. The molecule has 0 heterocycles. The van der Waals surface area contributed by atoms with Crippen LogP contribution >= 0.6 is 0 Å². The molecule has 0 aliphatic heterocycles. The summed E-state index contributed by atoms with van der Waals surface area (Å²) in [6, 6.07) is 12.7. The van der Waals surface area contributed by atoms with E-state index in [2.05, 4.69) is 0 Å². The first kappa shape index (κ1) is 21.2. The Kier molecular flexibility index (Phi) is 5.54. The van der Waals surface area contributed by atoms with Crippen molar-refractivity contribution in [2.45, 2.75) is 50.9 Å². The number of methoxy groups -OCH3 is 1. The first-order valence-electron chi connectivity index (χ1n) is 11.6. The molecule has 5 heteroatoms. The van der Waals surface area contributed by atoms with Crippen LogP contribution in [0.2, 0.25) is 0 Å². The Morgan fingerprint density at radius 1 is 0.906 bits per heavy atom. The van der Waals surface area contributed by atoms with Gasteiger partial charge in [0.25, 0.3) is 0 Å². The summed E-state index contributed by atoms with van der Waals surface area (Å²) >= 11 is 0. The Morgan fingerprint density at radius 3 is 2.09 bits per heavy atom. The lowest BCUT2D eigenvalue weighted by atomic mass is 9.48. The van der Waals surface area contributed by atoms with Gasteiger partial charge in [-0.05, 0) is 98.9 Å². The van der Waals surface area contributed by atoms with Crippen molar-refractivity contribution >= 4 is 11.8 Å². The van der Waals surface area contributed by atoms with E-state index in [0.29, 0.717) is 11.1 Å². The fourth-order valence-corrected chi connectivity index (χ4v) is 6.69. The van der Waals surface area contributed by atoms with Gasteiger partial charge < -0.3 is 4.74 Å². The molecule has 4 fully saturated rings. The second-order valence-electron chi connectivity index (χ2n) is 10.0. The third-order valence-electron chi connectivity index (χ3n) is 7.74. The number of hydrogen-bond acceptors (Lipinski definition) is 5. The molecule has 4 aliphatic carbocycles. The summed E-state index contributed by atoms with van der Waals surface area (Å²) in [4.78, 5) is 34.8. The van der Waals surface area contributed by atoms with Crippen LogP contribution in [0.4, 0.5) is 0 Å². The van der Waals surface area contributed by atoms with Crippen LogP contribution in [0.5, 0.6) is 5.75 Å². The number of ketones is 1. The third-order valence-corrected chi connectivity index (χ3v) is 7.74. The van der Waals surface area contributed by atoms with Gasteiger partial charge in [0.05, 0.1) is 12.7 Å². The Bertz CT molecular complexity index is 988. The lowest BCUT2D eigenvalue weighted by Gasteiger charge is -2.57. The molecular formula is C27H30O5. The Hall–Kier alpha value is -2.66. The quantitative estimate of drug-likeness (QED) is 0.330. The first-order chi connectivity index (χ1) is 15.5. The molecular weight excluding hydrogens is 404 g/mol.